The van der Waals surface area contributed by atoms with Crippen molar-refractivity contribution in [1.29, 1.82) is 0 Å². The number of aliphatic hydroxyl groups excluding tert-OH is 1. The van der Waals surface area contributed by atoms with Crippen molar-refractivity contribution in [2.75, 3.05) is 19.8 Å². The maximum atomic E-state index is 12.0. The van der Waals surface area contributed by atoms with Gasteiger partial charge in [0.25, 0.3) is 0 Å². The minimum atomic E-state index is -1.50. The van der Waals surface area contributed by atoms with Gasteiger partial charge in [0, 0.05) is 0 Å². The summed E-state index contributed by atoms with van der Waals surface area (Å²) in [5.41, 5.74) is 0. The molecule has 1 aliphatic heterocycles. The normalized spacial score (nSPS) is 24.0. The average molecular weight is 290 g/mol. The van der Waals surface area contributed by atoms with Gasteiger partial charge in [-0.05, 0) is 6.92 Å². The van der Waals surface area contributed by atoms with Crippen LogP contribution in [0.1, 0.15) is 13.3 Å². The summed E-state index contributed by atoms with van der Waals surface area (Å²) in [5.74, 6) is -2.73. The second-order valence-corrected chi connectivity index (χ2v) is 4.58. The Hall–Kier alpha value is -1.87. The monoisotopic (exact) mass is 290 g/mol. The number of aliphatic hydroxyl groups is 1. The zero-order valence-corrected chi connectivity index (χ0v) is 11.0. The van der Waals surface area contributed by atoms with Gasteiger partial charge in [0.2, 0.25) is 0 Å². The fraction of sp³-hybridized carbons (Fsp3) is 0.727. The largest absolute Gasteiger partial charge is 0.481 e. The lowest BCUT2D eigenvalue weighted by Gasteiger charge is -2.37. The summed E-state index contributed by atoms with van der Waals surface area (Å²) in [7, 11) is 0. The zero-order chi connectivity index (χ0) is 15.3. The highest BCUT2D eigenvalue weighted by Crippen LogP contribution is 2.12. The highest BCUT2D eigenvalue weighted by molar-refractivity contribution is 5.86. The number of carbonyl (C=O) groups is 3. The lowest BCUT2D eigenvalue weighted by atomic mass is 10.2. The molecule has 0 aromatic carbocycles. The molecule has 0 spiro atoms. The number of nitrogens with one attached hydrogen (secondary N) is 1. The molecule has 0 bridgehead atoms. The summed E-state index contributed by atoms with van der Waals surface area (Å²) < 4.78 is 5.25. The predicted molar refractivity (Wildman–Crippen MR) is 65.2 cm³/mol. The first-order valence-electron chi connectivity index (χ1n) is 6.09. The van der Waals surface area contributed by atoms with Gasteiger partial charge in [-0.25, -0.2) is 9.59 Å². The van der Waals surface area contributed by atoms with E-state index in [4.69, 9.17) is 20.1 Å². The summed E-state index contributed by atoms with van der Waals surface area (Å²) in [6, 6.07) is -2.48. The number of hydrogen-bond donors (Lipinski definition) is 4. The van der Waals surface area contributed by atoms with Crippen molar-refractivity contribution in [3.8, 4) is 0 Å². The maximum absolute atomic E-state index is 12.0. The van der Waals surface area contributed by atoms with Gasteiger partial charge in [-0.2, -0.15) is 0 Å². The maximum Gasteiger partial charge on any atom is 0.326 e. The quantitative estimate of drug-likeness (QED) is 0.494. The topological polar surface area (TPSA) is 136 Å². The van der Waals surface area contributed by atoms with Crippen LogP contribution in [0.5, 0.6) is 0 Å². The van der Waals surface area contributed by atoms with E-state index in [-0.39, 0.29) is 25.8 Å². The number of aliphatic carboxylic acids is 2. The smallest absolute Gasteiger partial charge is 0.326 e. The Labute approximate surface area is 115 Å². The fourth-order valence-corrected chi connectivity index (χ4v) is 1.82. The Kier molecular flexibility index (Phi) is 5.71. The van der Waals surface area contributed by atoms with E-state index in [9.17, 15) is 14.4 Å². The lowest BCUT2D eigenvalue weighted by Crippen LogP contribution is -2.57. The van der Waals surface area contributed by atoms with E-state index in [0.29, 0.717) is 0 Å². The first-order valence-corrected chi connectivity index (χ1v) is 6.09. The second kappa shape index (κ2) is 7.06. The molecule has 1 fully saturated rings. The number of ether oxygens (including phenoxy) is 1. The fourth-order valence-electron chi connectivity index (χ4n) is 1.82. The molecule has 2 amide bonds. The van der Waals surface area contributed by atoms with Gasteiger partial charge in [-0.1, -0.05) is 0 Å². The molecule has 0 saturated carbocycles. The van der Waals surface area contributed by atoms with Gasteiger partial charge in [0.05, 0.1) is 38.3 Å². The van der Waals surface area contributed by atoms with Crippen molar-refractivity contribution in [1.82, 2.24) is 10.2 Å². The SMILES string of the molecule is CC1COC(CO)CN1C(=O)N[C@@H](CC(=O)O)C(=O)O. The number of amides is 2. The third-order valence-electron chi connectivity index (χ3n) is 2.94. The average Bonchev–Trinajstić information content (AvgIpc) is 2.37. The first-order chi connectivity index (χ1) is 9.35. The molecule has 114 valence electrons. The van der Waals surface area contributed by atoms with Gasteiger partial charge in [-0.3, -0.25) is 4.79 Å². The van der Waals surface area contributed by atoms with Crippen molar-refractivity contribution in [2.24, 2.45) is 0 Å². The molecule has 0 aromatic heterocycles. The van der Waals surface area contributed by atoms with Crippen molar-refractivity contribution in [2.45, 2.75) is 31.5 Å². The van der Waals surface area contributed by atoms with Crippen molar-refractivity contribution >= 4 is 18.0 Å². The van der Waals surface area contributed by atoms with Crippen LogP contribution < -0.4 is 5.32 Å². The number of nitrogens with zero attached hydrogens (tertiary/aromatic N) is 1. The first kappa shape index (κ1) is 16.2. The number of hydrogen-bond acceptors (Lipinski definition) is 5. The van der Waals surface area contributed by atoms with Crippen molar-refractivity contribution in [3.63, 3.8) is 0 Å². The molecule has 0 aliphatic carbocycles. The molecule has 1 saturated heterocycles. The molecule has 9 heteroatoms. The second-order valence-electron chi connectivity index (χ2n) is 4.58. The predicted octanol–water partition coefficient (Wildman–Crippen LogP) is -1.29. The molecule has 4 N–H and O–H groups in total. The summed E-state index contributed by atoms with van der Waals surface area (Å²) in [5, 5.41) is 28.7. The zero-order valence-electron chi connectivity index (χ0n) is 11.0. The van der Waals surface area contributed by atoms with Crippen LogP contribution in [0, 0.1) is 0 Å². The number of carboxylic acid groups (broad SMARTS) is 2. The summed E-state index contributed by atoms with van der Waals surface area (Å²) >= 11 is 0. The van der Waals surface area contributed by atoms with Crippen LogP contribution in [0.4, 0.5) is 4.79 Å². The molecule has 1 aliphatic rings. The number of carbonyl (C=O) groups excluding carboxylic acids is 1. The molecule has 0 radical (unpaired) electrons. The van der Waals surface area contributed by atoms with E-state index in [1.165, 1.54) is 4.90 Å². The van der Waals surface area contributed by atoms with Gasteiger partial charge < -0.3 is 30.3 Å². The minimum absolute atomic E-state index is 0.114. The summed E-state index contributed by atoms with van der Waals surface area (Å²) in [4.78, 5) is 34.8. The Morgan fingerprint density at radius 1 is 1.40 bits per heavy atom. The highest BCUT2D eigenvalue weighted by Gasteiger charge is 2.32. The van der Waals surface area contributed by atoms with E-state index < -0.39 is 36.5 Å². The molecule has 0 aromatic rings. The van der Waals surface area contributed by atoms with E-state index in [1.54, 1.807) is 6.92 Å². The number of morpholine rings is 1. The van der Waals surface area contributed by atoms with Crippen LogP contribution in [0.15, 0.2) is 0 Å². The Balaban J connectivity index is 2.67. The van der Waals surface area contributed by atoms with E-state index >= 15 is 0 Å². The van der Waals surface area contributed by atoms with E-state index in [0.717, 1.165) is 0 Å². The molecule has 2 unspecified atom stereocenters. The summed E-state index contributed by atoms with van der Waals surface area (Å²) in [6.07, 6.45) is -1.23. The third kappa shape index (κ3) is 4.35. The Morgan fingerprint density at radius 2 is 2.05 bits per heavy atom. The molecule has 1 rings (SSSR count). The molecule has 1 heterocycles. The van der Waals surface area contributed by atoms with Gasteiger partial charge >= 0.3 is 18.0 Å². The van der Waals surface area contributed by atoms with Crippen molar-refractivity contribution in [3.05, 3.63) is 0 Å². The molecular formula is C11H18N2O7. The van der Waals surface area contributed by atoms with Crippen LogP contribution in [-0.4, -0.2) is 76.1 Å². The Bertz CT molecular complexity index is 387. The molecule has 20 heavy (non-hydrogen) atoms. The van der Waals surface area contributed by atoms with E-state index in [1.807, 2.05) is 0 Å². The van der Waals surface area contributed by atoms with Gasteiger partial charge in [0.15, 0.2) is 0 Å². The van der Waals surface area contributed by atoms with Crippen LogP contribution in [-0.2, 0) is 14.3 Å². The van der Waals surface area contributed by atoms with Gasteiger partial charge in [0.1, 0.15) is 6.04 Å². The molecule has 9 nitrogen and oxygen atoms in total. The highest BCUT2D eigenvalue weighted by atomic mass is 16.5. The number of rotatable bonds is 5. The van der Waals surface area contributed by atoms with Crippen LogP contribution >= 0.6 is 0 Å². The molecule has 3 atom stereocenters. The summed E-state index contributed by atoms with van der Waals surface area (Å²) in [6.45, 7) is 1.78. The number of carboxylic acids is 2. The lowest BCUT2D eigenvalue weighted by molar-refractivity contribution is -0.145. The Morgan fingerprint density at radius 3 is 2.55 bits per heavy atom. The standard InChI is InChI=1S/C11H18N2O7/c1-6-5-20-7(4-14)3-13(6)11(19)12-8(10(17)18)2-9(15)16/h6-8,14H,2-5H2,1H3,(H,12,19)(H,15,16)(H,17,18)/t6?,7?,8-/m0/s1. The van der Waals surface area contributed by atoms with Crippen LogP contribution in [0.2, 0.25) is 0 Å². The van der Waals surface area contributed by atoms with Gasteiger partial charge in [-0.15, -0.1) is 0 Å². The minimum Gasteiger partial charge on any atom is -0.481 e. The number of urea groups is 1. The third-order valence-corrected chi connectivity index (χ3v) is 2.94. The van der Waals surface area contributed by atoms with Crippen LogP contribution in [0.25, 0.3) is 0 Å². The van der Waals surface area contributed by atoms with Crippen molar-refractivity contribution < 1.29 is 34.4 Å². The van der Waals surface area contributed by atoms with Crippen LogP contribution in [0.3, 0.4) is 0 Å². The van der Waals surface area contributed by atoms with E-state index in [2.05, 4.69) is 5.32 Å². The molecular weight excluding hydrogens is 272 g/mol.